The fourth-order valence-electron chi connectivity index (χ4n) is 0.640. The van der Waals surface area contributed by atoms with E-state index in [-0.39, 0.29) is 6.04 Å². The van der Waals surface area contributed by atoms with Crippen molar-refractivity contribution in [1.29, 1.82) is 5.41 Å². The van der Waals surface area contributed by atoms with Gasteiger partial charge in [-0.3, -0.25) is 0 Å². The molecule has 0 fully saturated rings. The van der Waals surface area contributed by atoms with Crippen LogP contribution in [0.4, 0.5) is 0 Å². The lowest BCUT2D eigenvalue weighted by molar-refractivity contribution is 0.764. The summed E-state index contributed by atoms with van der Waals surface area (Å²) in [6.45, 7) is 7.91. The van der Waals surface area contributed by atoms with E-state index in [1.165, 1.54) is 6.21 Å². The van der Waals surface area contributed by atoms with Crippen LogP contribution in [0.15, 0.2) is 11.6 Å². The summed E-state index contributed by atoms with van der Waals surface area (Å²) in [5.41, 5.74) is 6.53. The first-order chi connectivity index (χ1) is 5.26. The number of rotatable bonds is 3. The van der Waals surface area contributed by atoms with Gasteiger partial charge in [-0.1, -0.05) is 26.8 Å². The third kappa shape index (κ3) is 5.80. The Hall–Kier alpha value is -0.630. The average Bonchev–Trinajstić information content (AvgIpc) is 2.10. The van der Waals surface area contributed by atoms with Crippen molar-refractivity contribution in [1.82, 2.24) is 0 Å². The Kier molecular flexibility index (Phi) is 11.1. The minimum Gasteiger partial charge on any atom is -0.324 e. The van der Waals surface area contributed by atoms with E-state index >= 15 is 0 Å². The van der Waals surface area contributed by atoms with Gasteiger partial charge in [0.1, 0.15) is 0 Å². The minimum absolute atomic E-state index is 0.0486. The van der Waals surface area contributed by atoms with Gasteiger partial charge in [-0.2, -0.15) is 0 Å². The van der Waals surface area contributed by atoms with Gasteiger partial charge in [-0.15, -0.1) is 0 Å². The fourth-order valence-corrected chi connectivity index (χ4v) is 0.640. The highest BCUT2D eigenvalue weighted by molar-refractivity contribution is 5.77. The van der Waals surface area contributed by atoms with Gasteiger partial charge in [0.2, 0.25) is 0 Å². The lowest BCUT2D eigenvalue weighted by Gasteiger charge is -2.06. The minimum atomic E-state index is 0.0486. The molecule has 0 aromatic heterocycles. The predicted molar refractivity (Wildman–Crippen MR) is 52.2 cm³/mol. The Morgan fingerprint density at radius 1 is 1.55 bits per heavy atom. The molecule has 0 aromatic carbocycles. The summed E-state index contributed by atoms with van der Waals surface area (Å²) in [5.74, 6) is 0. The van der Waals surface area contributed by atoms with Crippen molar-refractivity contribution in [3.63, 3.8) is 0 Å². The first-order valence-corrected chi connectivity index (χ1v) is 4.18. The quantitative estimate of drug-likeness (QED) is 0.605. The molecule has 0 heterocycles. The van der Waals surface area contributed by atoms with Crippen molar-refractivity contribution in [2.75, 3.05) is 0 Å². The Bertz CT molecular complexity index is 117. The lowest BCUT2D eigenvalue weighted by atomic mass is 10.1. The first kappa shape index (κ1) is 13.0. The average molecular weight is 156 g/mol. The highest BCUT2D eigenvalue weighted by atomic mass is 14.6. The Morgan fingerprint density at radius 3 is 2.09 bits per heavy atom. The molecule has 0 saturated heterocycles. The van der Waals surface area contributed by atoms with E-state index in [9.17, 15) is 0 Å². The molecule has 1 unspecified atom stereocenters. The normalized spacial score (nSPS) is 13.0. The van der Waals surface area contributed by atoms with Crippen LogP contribution in [-0.4, -0.2) is 12.3 Å². The molecule has 0 aliphatic rings. The topological polar surface area (TPSA) is 49.9 Å². The van der Waals surface area contributed by atoms with Crippen molar-refractivity contribution < 1.29 is 0 Å². The van der Waals surface area contributed by atoms with E-state index in [4.69, 9.17) is 11.1 Å². The van der Waals surface area contributed by atoms with E-state index < -0.39 is 0 Å². The molecule has 3 N–H and O–H groups in total. The van der Waals surface area contributed by atoms with Gasteiger partial charge in [0, 0.05) is 12.3 Å². The number of nitrogens with two attached hydrogens (primary N) is 1. The zero-order chi connectivity index (χ0) is 9.28. The Labute approximate surface area is 70.0 Å². The van der Waals surface area contributed by atoms with E-state index in [1.807, 2.05) is 33.8 Å². The van der Waals surface area contributed by atoms with Crippen LogP contribution in [-0.2, 0) is 0 Å². The maximum Gasteiger partial charge on any atom is 0.0303 e. The van der Waals surface area contributed by atoms with Crippen LogP contribution in [0.25, 0.3) is 0 Å². The Morgan fingerprint density at radius 2 is 2.00 bits per heavy atom. The summed E-state index contributed by atoms with van der Waals surface area (Å²) < 4.78 is 0. The maximum absolute atomic E-state index is 6.92. The molecule has 66 valence electrons. The zero-order valence-corrected chi connectivity index (χ0v) is 8.02. The molecule has 0 bridgehead atoms. The van der Waals surface area contributed by atoms with Crippen molar-refractivity contribution in [3.05, 3.63) is 11.6 Å². The van der Waals surface area contributed by atoms with Crippen LogP contribution in [0, 0.1) is 5.41 Å². The maximum atomic E-state index is 6.92. The Balaban J connectivity index is 0. The molecule has 0 radical (unpaired) electrons. The van der Waals surface area contributed by atoms with Gasteiger partial charge >= 0.3 is 0 Å². The van der Waals surface area contributed by atoms with Crippen LogP contribution in [0.1, 0.15) is 34.1 Å². The van der Waals surface area contributed by atoms with E-state index in [1.54, 1.807) is 0 Å². The smallest absolute Gasteiger partial charge is 0.0303 e. The molecule has 0 spiro atoms. The summed E-state index contributed by atoms with van der Waals surface area (Å²) in [5, 5.41) is 6.92. The molecule has 0 saturated carbocycles. The molecule has 2 nitrogen and oxygen atoms in total. The third-order valence-electron chi connectivity index (χ3n) is 1.37. The number of hydrogen-bond donors (Lipinski definition) is 2. The summed E-state index contributed by atoms with van der Waals surface area (Å²) in [7, 11) is 0. The van der Waals surface area contributed by atoms with Gasteiger partial charge < -0.3 is 11.1 Å². The largest absolute Gasteiger partial charge is 0.324 e. The second kappa shape index (κ2) is 9.37. The van der Waals surface area contributed by atoms with Crippen LogP contribution >= 0.6 is 0 Å². The fraction of sp³-hybridized carbons (Fsp3) is 0.667. The van der Waals surface area contributed by atoms with Gasteiger partial charge in [0.05, 0.1) is 0 Å². The lowest BCUT2D eigenvalue weighted by Crippen LogP contribution is -2.21. The SMILES string of the molecule is C/C=C(\C=N)C(N)CC.CC. The molecular weight excluding hydrogens is 136 g/mol. The number of nitrogens with one attached hydrogen (secondary N) is 1. The van der Waals surface area contributed by atoms with Crippen LogP contribution < -0.4 is 5.73 Å². The van der Waals surface area contributed by atoms with E-state index in [2.05, 4.69) is 0 Å². The highest BCUT2D eigenvalue weighted by Gasteiger charge is 2.00. The van der Waals surface area contributed by atoms with E-state index in [0.717, 1.165) is 12.0 Å². The van der Waals surface area contributed by atoms with Crippen LogP contribution in [0.5, 0.6) is 0 Å². The molecule has 0 aliphatic carbocycles. The highest BCUT2D eigenvalue weighted by Crippen LogP contribution is 1.98. The van der Waals surface area contributed by atoms with Gasteiger partial charge in [0.25, 0.3) is 0 Å². The molecular formula is C9H20N2. The van der Waals surface area contributed by atoms with Gasteiger partial charge in [0.15, 0.2) is 0 Å². The third-order valence-corrected chi connectivity index (χ3v) is 1.37. The first-order valence-electron chi connectivity index (χ1n) is 4.18. The van der Waals surface area contributed by atoms with Crippen molar-refractivity contribution in [2.45, 2.75) is 40.2 Å². The monoisotopic (exact) mass is 156 g/mol. The van der Waals surface area contributed by atoms with Crippen LogP contribution in [0.3, 0.4) is 0 Å². The molecule has 0 aromatic rings. The number of hydrogen-bond acceptors (Lipinski definition) is 2. The second-order valence-corrected chi connectivity index (χ2v) is 1.95. The predicted octanol–water partition coefficient (Wildman–Crippen LogP) is 2.35. The molecule has 2 heteroatoms. The van der Waals surface area contributed by atoms with Gasteiger partial charge in [-0.25, -0.2) is 0 Å². The standard InChI is InChI=1S/C7H14N2.C2H6/c1-3-6(5-8)7(9)4-2;1-2/h3,5,7-8H,4,9H2,1-2H3;1-2H3/b6-3+,8-5?;. The van der Waals surface area contributed by atoms with E-state index in [0.29, 0.717) is 0 Å². The molecule has 0 aliphatic heterocycles. The molecule has 11 heavy (non-hydrogen) atoms. The number of allylic oxidation sites excluding steroid dienone is 1. The summed E-state index contributed by atoms with van der Waals surface area (Å²) in [6.07, 6.45) is 4.09. The summed E-state index contributed by atoms with van der Waals surface area (Å²) in [6, 6.07) is 0.0486. The second-order valence-electron chi connectivity index (χ2n) is 1.95. The van der Waals surface area contributed by atoms with Crippen molar-refractivity contribution >= 4 is 6.21 Å². The molecule has 0 rings (SSSR count). The van der Waals surface area contributed by atoms with Crippen LogP contribution in [0.2, 0.25) is 0 Å². The molecule has 1 atom stereocenters. The summed E-state index contributed by atoms with van der Waals surface area (Å²) >= 11 is 0. The molecule has 0 amide bonds. The van der Waals surface area contributed by atoms with Crippen molar-refractivity contribution in [3.8, 4) is 0 Å². The van der Waals surface area contributed by atoms with Gasteiger partial charge in [-0.05, 0) is 18.9 Å². The zero-order valence-electron chi connectivity index (χ0n) is 8.02. The summed E-state index contributed by atoms with van der Waals surface area (Å²) in [4.78, 5) is 0. The van der Waals surface area contributed by atoms with Crippen molar-refractivity contribution in [2.24, 2.45) is 5.73 Å².